The molecule has 0 fully saturated rings. The summed E-state index contributed by atoms with van der Waals surface area (Å²) < 4.78 is 43.5. The maximum Gasteiger partial charge on any atom is 0.264 e. The first-order valence-corrected chi connectivity index (χ1v) is 15.1. The molecule has 1 N–H and O–H groups in total. The number of likely N-dealkylation sites (N-methyl/N-ethyl adjacent to an activating group) is 1. The molecule has 0 saturated carbocycles. The molecule has 0 aromatic heterocycles. The maximum atomic E-state index is 14.8. The topological polar surface area (TPSA) is 86.8 Å². The van der Waals surface area contributed by atoms with Crippen LogP contribution in [0.5, 0.6) is 0 Å². The molecule has 0 spiro atoms. The van der Waals surface area contributed by atoms with Crippen LogP contribution in [0.4, 0.5) is 10.1 Å². The minimum absolute atomic E-state index is 0.0586. The van der Waals surface area contributed by atoms with Crippen LogP contribution < -0.4 is 9.62 Å². The number of hydrogen-bond donors (Lipinski definition) is 1. The summed E-state index contributed by atoms with van der Waals surface area (Å²) >= 11 is 12.3. The van der Waals surface area contributed by atoms with Crippen LogP contribution in [0.1, 0.15) is 11.1 Å². The smallest absolute Gasteiger partial charge is 0.264 e. The van der Waals surface area contributed by atoms with Gasteiger partial charge >= 0.3 is 0 Å². The Labute approximate surface area is 254 Å². The van der Waals surface area contributed by atoms with Gasteiger partial charge < -0.3 is 10.2 Å². The highest BCUT2D eigenvalue weighted by molar-refractivity contribution is 7.92. The molecule has 42 heavy (non-hydrogen) atoms. The van der Waals surface area contributed by atoms with Gasteiger partial charge in [-0.1, -0.05) is 89.9 Å². The highest BCUT2D eigenvalue weighted by Gasteiger charge is 2.34. The van der Waals surface area contributed by atoms with Gasteiger partial charge in [0.15, 0.2) is 0 Å². The van der Waals surface area contributed by atoms with Gasteiger partial charge in [-0.15, -0.1) is 0 Å². The van der Waals surface area contributed by atoms with E-state index < -0.39 is 40.2 Å². The first-order valence-electron chi connectivity index (χ1n) is 12.9. The molecule has 4 rings (SSSR count). The van der Waals surface area contributed by atoms with E-state index in [2.05, 4.69) is 5.32 Å². The summed E-state index contributed by atoms with van der Waals surface area (Å²) in [6, 6.07) is 25.7. The molecule has 0 saturated heterocycles. The van der Waals surface area contributed by atoms with Crippen LogP contribution in [-0.4, -0.2) is 44.8 Å². The Morgan fingerprint density at radius 1 is 0.857 bits per heavy atom. The summed E-state index contributed by atoms with van der Waals surface area (Å²) in [6.07, 6.45) is 0.110. The van der Waals surface area contributed by atoms with Crippen molar-refractivity contribution < 1.29 is 22.4 Å². The van der Waals surface area contributed by atoms with Crippen LogP contribution in [0.3, 0.4) is 0 Å². The number of nitrogens with zero attached hydrogens (tertiary/aromatic N) is 2. The van der Waals surface area contributed by atoms with Crippen molar-refractivity contribution in [3.8, 4) is 0 Å². The lowest BCUT2D eigenvalue weighted by Gasteiger charge is -2.33. The van der Waals surface area contributed by atoms with Crippen LogP contribution in [0.2, 0.25) is 10.0 Å². The molecule has 11 heteroatoms. The Morgan fingerprint density at radius 3 is 2.10 bits per heavy atom. The van der Waals surface area contributed by atoms with Crippen LogP contribution in [0.25, 0.3) is 0 Å². The fourth-order valence-electron chi connectivity index (χ4n) is 4.42. The summed E-state index contributed by atoms with van der Waals surface area (Å²) in [5.74, 6) is -1.78. The van der Waals surface area contributed by atoms with E-state index in [1.807, 2.05) is 18.2 Å². The van der Waals surface area contributed by atoms with Crippen molar-refractivity contribution in [3.05, 3.63) is 130 Å². The lowest BCUT2D eigenvalue weighted by molar-refractivity contribution is -0.139. The molecule has 4 aromatic carbocycles. The molecule has 0 bridgehead atoms. The average Bonchev–Trinajstić information content (AvgIpc) is 3.00. The normalized spacial score (nSPS) is 11.9. The van der Waals surface area contributed by atoms with Crippen molar-refractivity contribution in [1.29, 1.82) is 0 Å². The van der Waals surface area contributed by atoms with E-state index >= 15 is 0 Å². The number of amides is 2. The van der Waals surface area contributed by atoms with Gasteiger partial charge in [0.1, 0.15) is 18.4 Å². The lowest BCUT2D eigenvalue weighted by Crippen LogP contribution is -2.53. The zero-order valence-corrected chi connectivity index (χ0v) is 24.9. The predicted molar refractivity (Wildman–Crippen MR) is 162 cm³/mol. The third-order valence-electron chi connectivity index (χ3n) is 6.62. The van der Waals surface area contributed by atoms with Crippen LogP contribution in [0.15, 0.2) is 108 Å². The number of carbonyl (C=O) groups is 2. The molecule has 2 amide bonds. The SMILES string of the molecule is CNC(=O)[C@@H](Cc1ccccc1)N(Cc1ccccc1F)C(=O)CN(c1ccc(Cl)c(Cl)c1)S(=O)(=O)c1ccccc1. The molecule has 0 radical (unpaired) electrons. The number of rotatable bonds is 11. The standard InChI is InChI=1S/C31H28Cl2FN3O4S/c1-35-31(39)29(18-22-10-4-2-5-11-22)36(20-23-12-8-9-15-28(23)34)30(38)21-37(24-16-17-26(32)27(33)19-24)42(40,41)25-13-6-3-7-14-25/h2-17,19,29H,18,20-21H2,1H3,(H,35,39)/t29-/m1/s1. The molecule has 0 aliphatic carbocycles. The second-order valence-electron chi connectivity index (χ2n) is 9.36. The predicted octanol–water partition coefficient (Wildman–Crippen LogP) is 5.71. The number of anilines is 1. The number of hydrogen-bond acceptors (Lipinski definition) is 4. The van der Waals surface area contributed by atoms with Crippen LogP contribution in [-0.2, 0) is 32.6 Å². The fourth-order valence-corrected chi connectivity index (χ4v) is 6.14. The van der Waals surface area contributed by atoms with E-state index in [-0.39, 0.29) is 39.2 Å². The Morgan fingerprint density at radius 2 is 1.48 bits per heavy atom. The van der Waals surface area contributed by atoms with Crippen LogP contribution >= 0.6 is 23.2 Å². The van der Waals surface area contributed by atoms with E-state index in [0.717, 1.165) is 9.87 Å². The maximum absolute atomic E-state index is 14.8. The van der Waals surface area contributed by atoms with Crippen molar-refractivity contribution >= 4 is 50.7 Å². The summed E-state index contributed by atoms with van der Waals surface area (Å²) in [4.78, 5) is 28.6. The zero-order valence-electron chi connectivity index (χ0n) is 22.6. The first-order chi connectivity index (χ1) is 20.1. The molecule has 7 nitrogen and oxygen atoms in total. The van der Waals surface area contributed by atoms with E-state index in [1.165, 1.54) is 60.5 Å². The summed E-state index contributed by atoms with van der Waals surface area (Å²) in [6.45, 7) is -0.983. The Bertz CT molecular complexity index is 1660. The first kappa shape index (κ1) is 31.0. The summed E-state index contributed by atoms with van der Waals surface area (Å²) in [5, 5.41) is 2.88. The molecular weight excluding hydrogens is 600 g/mol. The van der Waals surface area contributed by atoms with Gasteiger partial charge in [-0.25, -0.2) is 12.8 Å². The quantitative estimate of drug-likeness (QED) is 0.231. The second kappa shape index (κ2) is 13.8. The van der Waals surface area contributed by atoms with Gasteiger partial charge in [-0.3, -0.25) is 13.9 Å². The van der Waals surface area contributed by atoms with E-state index in [9.17, 15) is 22.4 Å². The van der Waals surface area contributed by atoms with E-state index in [1.54, 1.807) is 36.4 Å². The number of carbonyl (C=O) groups excluding carboxylic acids is 2. The molecule has 0 heterocycles. The summed E-state index contributed by atoms with van der Waals surface area (Å²) in [7, 11) is -2.86. The summed E-state index contributed by atoms with van der Waals surface area (Å²) in [5.41, 5.74) is 1.02. The van der Waals surface area contributed by atoms with E-state index in [0.29, 0.717) is 0 Å². The molecule has 4 aromatic rings. The van der Waals surface area contributed by atoms with Gasteiger partial charge in [0.2, 0.25) is 11.8 Å². The monoisotopic (exact) mass is 627 g/mol. The van der Waals surface area contributed by atoms with Gasteiger partial charge in [-0.2, -0.15) is 0 Å². The third-order valence-corrected chi connectivity index (χ3v) is 9.14. The van der Waals surface area contributed by atoms with Crippen molar-refractivity contribution in [1.82, 2.24) is 10.2 Å². The van der Waals surface area contributed by atoms with Crippen molar-refractivity contribution in [2.45, 2.75) is 23.9 Å². The van der Waals surface area contributed by atoms with Crippen LogP contribution in [0, 0.1) is 5.82 Å². The molecule has 0 aliphatic rings. The minimum Gasteiger partial charge on any atom is -0.357 e. The van der Waals surface area contributed by atoms with Gasteiger partial charge in [-0.05, 0) is 42.0 Å². The Hall–Kier alpha value is -3.92. The minimum atomic E-state index is -4.29. The second-order valence-corrected chi connectivity index (χ2v) is 12.0. The largest absolute Gasteiger partial charge is 0.357 e. The van der Waals surface area contributed by atoms with Crippen molar-refractivity contribution in [2.75, 3.05) is 17.9 Å². The molecular formula is C31H28Cl2FN3O4S. The van der Waals surface area contributed by atoms with E-state index in [4.69, 9.17) is 23.2 Å². The number of nitrogens with one attached hydrogen (secondary N) is 1. The number of halogens is 3. The zero-order chi connectivity index (χ0) is 30.3. The highest BCUT2D eigenvalue weighted by Crippen LogP contribution is 2.31. The highest BCUT2D eigenvalue weighted by atomic mass is 35.5. The lowest BCUT2D eigenvalue weighted by atomic mass is 10.0. The molecule has 0 unspecified atom stereocenters. The van der Waals surface area contributed by atoms with Gasteiger partial charge in [0, 0.05) is 25.6 Å². The number of benzene rings is 4. The molecule has 1 atom stereocenters. The average molecular weight is 629 g/mol. The number of sulfonamides is 1. The van der Waals surface area contributed by atoms with Crippen molar-refractivity contribution in [2.24, 2.45) is 0 Å². The Kier molecular flexibility index (Phi) is 10.2. The van der Waals surface area contributed by atoms with Gasteiger partial charge in [0.25, 0.3) is 10.0 Å². The fraction of sp³-hybridized carbons (Fsp3) is 0.161. The van der Waals surface area contributed by atoms with Crippen molar-refractivity contribution in [3.63, 3.8) is 0 Å². The molecule has 218 valence electrons. The van der Waals surface area contributed by atoms with Gasteiger partial charge in [0.05, 0.1) is 20.6 Å². The Balaban J connectivity index is 1.81. The third kappa shape index (κ3) is 7.28. The molecule has 0 aliphatic heterocycles.